The summed E-state index contributed by atoms with van der Waals surface area (Å²) in [7, 11) is 1.70. The zero-order valence-electron chi connectivity index (χ0n) is 11.8. The Labute approximate surface area is 118 Å². The number of methoxy groups -OCH3 is 1. The Kier molecular flexibility index (Phi) is 3.11. The molecule has 1 aromatic heterocycles. The Bertz CT molecular complexity index is 742. The SMILES string of the molecule is CCn1c(-c2ccc(N)cc2)cc2ccc(OC)cc21. The van der Waals surface area contributed by atoms with Crippen molar-refractivity contribution in [3.63, 3.8) is 0 Å². The lowest BCUT2D eigenvalue weighted by Gasteiger charge is -2.09. The van der Waals surface area contributed by atoms with Gasteiger partial charge in [0, 0.05) is 29.4 Å². The van der Waals surface area contributed by atoms with E-state index in [1.165, 1.54) is 22.2 Å². The second kappa shape index (κ2) is 4.93. The van der Waals surface area contributed by atoms with E-state index in [2.05, 4.69) is 41.8 Å². The van der Waals surface area contributed by atoms with Gasteiger partial charge in [0.1, 0.15) is 5.75 Å². The fourth-order valence-corrected chi connectivity index (χ4v) is 2.59. The molecule has 0 aliphatic heterocycles. The molecule has 0 atom stereocenters. The van der Waals surface area contributed by atoms with Crippen LogP contribution in [0.2, 0.25) is 0 Å². The predicted molar refractivity (Wildman–Crippen MR) is 84.0 cm³/mol. The Morgan fingerprint density at radius 3 is 2.45 bits per heavy atom. The Morgan fingerprint density at radius 1 is 1.05 bits per heavy atom. The molecule has 2 N–H and O–H groups in total. The lowest BCUT2D eigenvalue weighted by molar-refractivity contribution is 0.415. The highest BCUT2D eigenvalue weighted by atomic mass is 16.5. The molecule has 0 spiro atoms. The summed E-state index contributed by atoms with van der Waals surface area (Å²) in [6.45, 7) is 3.07. The fourth-order valence-electron chi connectivity index (χ4n) is 2.59. The largest absolute Gasteiger partial charge is 0.497 e. The molecule has 102 valence electrons. The highest BCUT2D eigenvalue weighted by molar-refractivity contribution is 5.88. The molecule has 0 amide bonds. The fraction of sp³-hybridized carbons (Fsp3) is 0.176. The minimum atomic E-state index is 0.787. The third-order valence-corrected chi connectivity index (χ3v) is 3.63. The summed E-state index contributed by atoms with van der Waals surface area (Å²) in [6.07, 6.45) is 0. The molecule has 2 aromatic carbocycles. The number of nitrogen functional groups attached to an aromatic ring is 1. The molecule has 0 unspecified atom stereocenters. The number of nitrogens with two attached hydrogens (primary N) is 1. The maximum Gasteiger partial charge on any atom is 0.120 e. The van der Waals surface area contributed by atoms with Gasteiger partial charge >= 0.3 is 0 Å². The van der Waals surface area contributed by atoms with Gasteiger partial charge in [0.2, 0.25) is 0 Å². The van der Waals surface area contributed by atoms with Crippen LogP contribution in [0.3, 0.4) is 0 Å². The van der Waals surface area contributed by atoms with Crippen LogP contribution in [0.5, 0.6) is 5.75 Å². The lowest BCUT2D eigenvalue weighted by atomic mass is 10.1. The van der Waals surface area contributed by atoms with Gasteiger partial charge in [-0.3, -0.25) is 0 Å². The Morgan fingerprint density at radius 2 is 1.80 bits per heavy atom. The molecule has 3 heteroatoms. The van der Waals surface area contributed by atoms with Gasteiger partial charge in [-0.25, -0.2) is 0 Å². The standard InChI is InChI=1S/C17H18N2O/c1-3-19-16(12-4-7-14(18)8-5-12)10-13-6-9-15(20-2)11-17(13)19/h4-11H,3,18H2,1-2H3. The molecular weight excluding hydrogens is 248 g/mol. The maximum atomic E-state index is 5.76. The average Bonchev–Trinajstić information content (AvgIpc) is 2.85. The summed E-state index contributed by atoms with van der Waals surface area (Å²) in [4.78, 5) is 0. The van der Waals surface area contributed by atoms with Gasteiger partial charge in [0.05, 0.1) is 12.6 Å². The topological polar surface area (TPSA) is 40.2 Å². The zero-order chi connectivity index (χ0) is 14.1. The van der Waals surface area contributed by atoms with Gasteiger partial charge in [-0.2, -0.15) is 0 Å². The van der Waals surface area contributed by atoms with Crippen molar-refractivity contribution in [3.05, 3.63) is 48.5 Å². The molecule has 0 fully saturated rings. The van der Waals surface area contributed by atoms with Crippen molar-refractivity contribution >= 4 is 16.6 Å². The van der Waals surface area contributed by atoms with Crippen LogP contribution in [0.25, 0.3) is 22.2 Å². The number of aryl methyl sites for hydroxylation is 1. The minimum absolute atomic E-state index is 0.787. The van der Waals surface area contributed by atoms with Gasteiger partial charge < -0.3 is 15.0 Å². The van der Waals surface area contributed by atoms with Gasteiger partial charge in [0.25, 0.3) is 0 Å². The molecule has 0 saturated carbocycles. The van der Waals surface area contributed by atoms with E-state index in [1.54, 1.807) is 7.11 Å². The van der Waals surface area contributed by atoms with Crippen LogP contribution >= 0.6 is 0 Å². The highest BCUT2D eigenvalue weighted by Gasteiger charge is 2.10. The van der Waals surface area contributed by atoms with Crippen LogP contribution in [0, 0.1) is 0 Å². The minimum Gasteiger partial charge on any atom is -0.497 e. The van der Waals surface area contributed by atoms with Crippen molar-refractivity contribution in [2.75, 3.05) is 12.8 Å². The van der Waals surface area contributed by atoms with Crippen LogP contribution in [0.1, 0.15) is 6.92 Å². The van der Waals surface area contributed by atoms with E-state index < -0.39 is 0 Å². The van der Waals surface area contributed by atoms with E-state index in [0.29, 0.717) is 0 Å². The van der Waals surface area contributed by atoms with E-state index in [0.717, 1.165) is 18.0 Å². The molecule has 3 aromatic rings. The first-order chi connectivity index (χ1) is 9.72. The van der Waals surface area contributed by atoms with Gasteiger partial charge in [-0.1, -0.05) is 12.1 Å². The normalized spacial score (nSPS) is 10.9. The number of ether oxygens (including phenoxy) is 1. The summed E-state index contributed by atoms with van der Waals surface area (Å²) in [5.74, 6) is 0.883. The molecule has 3 rings (SSSR count). The molecule has 20 heavy (non-hydrogen) atoms. The number of aromatic nitrogens is 1. The van der Waals surface area contributed by atoms with Crippen LogP contribution in [-0.4, -0.2) is 11.7 Å². The van der Waals surface area contributed by atoms with Crippen molar-refractivity contribution < 1.29 is 4.74 Å². The molecule has 0 radical (unpaired) electrons. The van der Waals surface area contributed by atoms with Crippen molar-refractivity contribution in [1.82, 2.24) is 4.57 Å². The monoisotopic (exact) mass is 266 g/mol. The second-order valence-corrected chi connectivity index (χ2v) is 4.82. The maximum absolute atomic E-state index is 5.76. The number of hydrogen-bond donors (Lipinski definition) is 1. The molecule has 1 heterocycles. The third kappa shape index (κ3) is 2.01. The Balaban J connectivity index is 2.22. The molecule has 0 aliphatic carbocycles. The van der Waals surface area contributed by atoms with Crippen LogP contribution < -0.4 is 10.5 Å². The van der Waals surface area contributed by atoms with E-state index in [1.807, 2.05) is 18.2 Å². The first-order valence-corrected chi connectivity index (χ1v) is 6.76. The van der Waals surface area contributed by atoms with Crippen molar-refractivity contribution in [2.24, 2.45) is 0 Å². The zero-order valence-corrected chi connectivity index (χ0v) is 11.8. The second-order valence-electron chi connectivity index (χ2n) is 4.82. The number of nitrogens with zero attached hydrogens (tertiary/aromatic N) is 1. The summed E-state index contributed by atoms with van der Waals surface area (Å²) in [5, 5.41) is 1.22. The van der Waals surface area contributed by atoms with E-state index in [9.17, 15) is 0 Å². The van der Waals surface area contributed by atoms with E-state index >= 15 is 0 Å². The smallest absolute Gasteiger partial charge is 0.120 e. The van der Waals surface area contributed by atoms with Gasteiger partial charge in [-0.15, -0.1) is 0 Å². The van der Waals surface area contributed by atoms with E-state index in [-0.39, 0.29) is 0 Å². The van der Waals surface area contributed by atoms with Crippen molar-refractivity contribution in [1.29, 1.82) is 0 Å². The summed E-state index contributed by atoms with van der Waals surface area (Å²) >= 11 is 0. The third-order valence-electron chi connectivity index (χ3n) is 3.63. The quantitative estimate of drug-likeness (QED) is 0.730. The highest BCUT2D eigenvalue weighted by Crippen LogP contribution is 2.30. The van der Waals surface area contributed by atoms with Crippen LogP contribution in [-0.2, 0) is 6.54 Å². The van der Waals surface area contributed by atoms with E-state index in [4.69, 9.17) is 10.5 Å². The average molecular weight is 266 g/mol. The number of anilines is 1. The predicted octanol–water partition coefficient (Wildman–Crippen LogP) is 3.92. The molecule has 0 aliphatic rings. The van der Waals surface area contributed by atoms with Crippen LogP contribution in [0.15, 0.2) is 48.5 Å². The molecular formula is C17H18N2O. The number of rotatable bonds is 3. The summed E-state index contributed by atoms with van der Waals surface area (Å²) < 4.78 is 7.62. The van der Waals surface area contributed by atoms with Crippen molar-refractivity contribution in [3.8, 4) is 17.0 Å². The van der Waals surface area contributed by atoms with Gasteiger partial charge in [0.15, 0.2) is 0 Å². The Hall–Kier alpha value is -2.42. The summed E-state index contributed by atoms with van der Waals surface area (Å²) in [5.41, 5.74) is 10.1. The van der Waals surface area contributed by atoms with Crippen LogP contribution in [0.4, 0.5) is 5.69 Å². The first-order valence-electron chi connectivity index (χ1n) is 6.76. The summed E-state index contributed by atoms with van der Waals surface area (Å²) in [6, 6.07) is 16.4. The lowest BCUT2D eigenvalue weighted by Crippen LogP contribution is -1.97. The first kappa shape index (κ1) is 12.6. The molecule has 0 saturated heterocycles. The number of hydrogen-bond acceptors (Lipinski definition) is 2. The van der Waals surface area contributed by atoms with Gasteiger partial charge in [-0.05, 0) is 42.8 Å². The van der Waals surface area contributed by atoms with Crippen molar-refractivity contribution in [2.45, 2.75) is 13.5 Å². The number of benzene rings is 2. The number of fused-ring (bicyclic) bond motifs is 1. The molecule has 3 nitrogen and oxygen atoms in total. The molecule has 0 bridgehead atoms.